The fraction of sp³-hybridized carbons (Fsp3) is 0.345. The molecule has 2 aromatic carbocycles. The van der Waals surface area contributed by atoms with E-state index in [2.05, 4.69) is 112 Å². The number of rotatable bonds is 2. The molecule has 2 nitrogen and oxygen atoms in total. The summed E-state index contributed by atoms with van der Waals surface area (Å²) in [7, 11) is 6.48. The number of hydrogen-bond acceptors (Lipinski definition) is 0. The maximum absolute atomic E-state index is 6.48. The van der Waals surface area contributed by atoms with Crippen LogP contribution >= 0.6 is 9.69 Å². The van der Waals surface area contributed by atoms with Crippen LogP contribution in [0.4, 0.5) is 0 Å². The Labute approximate surface area is 210 Å². The summed E-state index contributed by atoms with van der Waals surface area (Å²) in [6.45, 7) is 13.0. The third-order valence-electron chi connectivity index (χ3n) is 5.88. The van der Waals surface area contributed by atoms with Crippen LogP contribution in [-0.2, 0) is 15.7 Å². The molecule has 0 unspecified atom stereocenters. The van der Waals surface area contributed by atoms with Gasteiger partial charge >= 0.3 is 161 Å². The molecule has 1 aliphatic rings. The molecule has 0 bridgehead atoms. The van der Waals surface area contributed by atoms with Gasteiger partial charge in [-0.3, -0.25) is 0 Å². The molecule has 0 radical (unpaired) electrons. The molecule has 4 heteroatoms. The summed E-state index contributed by atoms with van der Waals surface area (Å²) in [4.78, 5) is 0. The minimum atomic E-state index is -0.229. The molecule has 1 heterocycles. The van der Waals surface area contributed by atoms with Crippen molar-refractivity contribution in [2.45, 2.75) is 67.2 Å². The second kappa shape index (κ2) is 12.0. The number of allylic oxidation sites excluding steroid dienone is 4. The molecule has 4 rings (SSSR count). The van der Waals surface area contributed by atoms with Gasteiger partial charge in [-0.25, -0.2) is 0 Å². The SMILES string of the molecule is C1=CCCC=CCC1.Cc1cc(C)c(-n2ccn(-c3c(C)cc(C)cc3C)[c]2=[Rh][Cl])c(C)c1. The van der Waals surface area contributed by atoms with Crippen LogP contribution in [0.1, 0.15) is 59.1 Å². The zero-order valence-electron chi connectivity index (χ0n) is 20.7. The van der Waals surface area contributed by atoms with E-state index in [1.807, 2.05) is 0 Å². The van der Waals surface area contributed by atoms with E-state index >= 15 is 0 Å². The molecule has 0 amide bonds. The van der Waals surface area contributed by atoms with Crippen molar-refractivity contribution in [2.75, 3.05) is 0 Å². The first kappa shape index (κ1) is 25.7. The molecule has 0 spiro atoms. The standard InChI is InChI=1S/C21H24N2.C8H12.ClH.Rh/c1-14-9-16(3)20(17(4)10-14)22-7-8-23(13-22)21-18(5)11-15(2)12-19(21)6;1-2-4-6-8-7-5-3-1;;/h7-12H,1-6H3;1-2,7-8H,3-6H2;1H;/q;;;+1/p-1. The molecule has 1 aromatic heterocycles. The van der Waals surface area contributed by atoms with Gasteiger partial charge < -0.3 is 0 Å². The van der Waals surface area contributed by atoms with Crippen molar-refractivity contribution in [1.82, 2.24) is 9.13 Å². The Bertz CT molecular complexity index is 1090. The first-order valence-electron chi connectivity index (χ1n) is 11.6. The Morgan fingerprint density at radius 3 is 1.15 bits per heavy atom. The van der Waals surface area contributed by atoms with Gasteiger partial charge in [-0.05, 0) is 25.7 Å². The van der Waals surface area contributed by atoms with Gasteiger partial charge in [0.15, 0.2) is 0 Å². The first-order chi connectivity index (χ1) is 15.8. The molecule has 3 aromatic rings. The van der Waals surface area contributed by atoms with Crippen molar-refractivity contribution in [3.8, 4) is 11.4 Å². The summed E-state index contributed by atoms with van der Waals surface area (Å²) in [6, 6.07) is 8.95. The molecule has 33 heavy (non-hydrogen) atoms. The monoisotopic (exact) mass is 550 g/mol. The van der Waals surface area contributed by atoms with E-state index < -0.39 is 0 Å². The van der Waals surface area contributed by atoms with Crippen LogP contribution in [0.5, 0.6) is 0 Å². The number of hydrogen-bond donors (Lipinski definition) is 0. The van der Waals surface area contributed by atoms with Crippen molar-refractivity contribution in [2.24, 2.45) is 0 Å². The van der Waals surface area contributed by atoms with Crippen molar-refractivity contribution < 1.29 is 15.7 Å². The second-order valence-electron chi connectivity index (χ2n) is 8.94. The van der Waals surface area contributed by atoms with Crippen molar-refractivity contribution in [3.05, 3.63) is 98.4 Å². The Morgan fingerprint density at radius 1 is 0.576 bits per heavy atom. The van der Waals surface area contributed by atoms with Crippen LogP contribution in [0.2, 0.25) is 0 Å². The first-order valence-corrected chi connectivity index (χ1v) is 14.6. The third kappa shape index (κ3) is 6.34. The van der Waals surface area contributed by atoms with E-state index in [0.29, 0.717) is 0 Å². The van der Waals surface area contributed by atoms with Crippen LogP contribution in [0, 0.1) is 45.6 Å². The summed E-state index contributed by atoms with van der Waals surface area (Å²) in [5, 5.41) is 0. The molecule has 178 valence electrons. The zero-order valence-corrected chi connectivity index (χ0v) is 23.1. The van der Waals surface area contributed by atoms with Crippen molar-refractivity contribution in [1.29, 1.82) is 0 Å². The normalized spacial score (nSPS) is 13.4. The van der Waals surface area contributed by atoms with E-state index in [9.17, 15) is 0 Å². The van der Waals surface area contributed by atoms with Crippen LogP contribution in [0.25, 0.3) is 11.4 Å². The van der Waals surface area contributed by atoms with Crippen LogP contribution in [0.15, 0.2) is 61.0 Å². The number of nitrogens with zero attached hydrogens (tertiary/aromatic N) is 2. The van der Waals surface area contributed by atoms with Gasteiger partial charge in [0.25, 0.3) is 0 Å². The van der Waals surface area contributed by atoms with Gasteiger partial charge in [0.05, 0.1) is 0 Å². The average molecular weight is 551 g/mol. The number of imidazole rings is 1. The van der Waals surface area contributed by atoms with Gasteiger partial charge in [-0.2, -0.15) is 0 Å². The Morgan fingerprint density at radius 2 is 0.879 bits per heavy atom. The molecule has 0 fully saturated rings. The van der Waals surface area contributed by atoms with E-state index in [-0.39, 0.29) is 15.7 Å². The zero-order chi connectivity index (χ0) is 24.0. The van der Waals surface area contributed by atoms with E-state index in [4.69, 9.17) is 9.69 Å². The fourth-order valence-electron chi connectivity index (χ4n) is 4.71. The summed E-state index contributed by atoms with van der Waals surface area (Å²) >= 11 is -0.229. The average Bonchev–Trinajstić information content (AvgIpc) is 3.09. The number of aryl methyl sites for hydroxylation is 6. The summed E-state index contributed by atoms with van der Waals surface area (Å²) in [5.74, 6) is 0. The molecule has 0 aliphatic heterocycles. The molecular weight excluding hydrogens is 515 g/mol. The minimum absolute atomic E-state index is 0.229. The maximum atomic E-state index is 6.48. The van der Waals surface area contributed by atoms with Crippen LogP contribution < -0.4 is 0 Å². The van der Waals surface area contributed by atoms with Crippen LogP contribution in [0.3, 0.4) is 0 Å². The number of aromatic nitrogens is 2. The Kier molecular flexibility index (Phi) is 9.30. The van der Waals surface area contributed by atoms with Crippen LogP contribution in [-0.4, -0.2) is 9.13 Å². The molecule has 0 atom stereocenters. The van der Waals surface area contributed by atoms with Gasteiger partial charge in [0.2, 0.25) is 0 Å². The van der Waals surface area contributed by atoms with Gasteiger partial charge in [0.1, 0.15) is 0 Å². The predicted octanol–water partition coefficient (Wildman–Crippen LogP) is 8.56. The molecule has 0 saturated carbocycles. The molecular formula is C29H36ClN2Rh. The number of halogens is 1. The van der Waals surface area contributed by atoms with E-state index in [1.54, 1.807) is 0 Å². The molecule has 0 N–H and O–H groups in total. The Balaban J connectivity index is 0.000000323. The van der Waals surface area contributed by atoms with Gasteiger partial charge in [0, 0.05) is 0 Å². The van der Waals surface area contributed by atoms with Gasteiger partial charge in [-0.1, -0.05) is 24.3 Å². The molecule has 1 aliphatic carbocycles. The summed E-state index contributed by atoms with van der Waals surface area (Å²) in [5.41, 5.74) is 10.2. The molecule has 0 saturated heterocycles. The summed E-state index contributed by atoms with van der Waals surface area (Å²) in [6.07, 6.45) is 18.3. The van der Waals surface area contributed by atoms with E-state index in [1.165, 1.54) is 70.4 Å². The summed E-state index contributed by atoms with van der Waals surface area (Å²) < 4.78 is 5.67. The van der Waals surface area contributed by atoms with Crippen molar-refractivity contribution in [3.63, 3.8) is 0 Å². The predicted molar refractivity (Wildman–Crippen MR) is 139 cm³/mol. The van der Waals surface area contributed by atoms with E-state index in [0.717, 1.165) is 4.01 Å². The number of benzene rings is 2. The van der Waals surface area contributed by atoms with Crippen molar-refractivity contribution >= 4 is 9.69 Å². The Hall–Kier alpha value is -1.96. The topological polar surface area (TPSA) is 9.86 Å². The fourth-order valence-corrected chi connectivity index (χ4v) is 6.34. The van der Waals surface area contributed by atoms with Gasteiger partial charge in [-0.15, -0.1) is 0 Å². The second-order valence-corrected chi connectivity index (χ2v) is 10.7. The third-order valence-corrected chi connectivity index (χ3v) is 7.62. The quantitative estimate of drug-likeness (QED) is 0.223.